The summed E-state index contributed by atoms with van der Waals surface area (Å²) in [4.78, 5) is 10.9. The molecule has 5 nitrogen and oxygen atoms in total. The molecule has 0 heterocycles. The topological polar surface area (TPSA) is 107 Å². The highest BCUT2D eigenvalue weighted by atomic mass is 16.2. The highest BCUT2D eigenvalue weighted by Crippen LogP contribution is 1.89. The van der Waals surface area contributed by atoms with E-state index < -0.39 is 5.91 Å². The maximum Gasteiger partial charge on any atom is 0.274 e. The molecule has 0 aliphatic heterocycles. The van der Waals surface area contributed by atoms with E-state index in [1.807, 2.05) is 0 Å². The Hall–Kier alpha value is -1.65. The normalized spacial score (nSPS) is 11.7. The molecule has 0 aliphatic rings. The van der Waals surface area contributed by atoms with Crippen molar-refractivity contribution in [1.29, 1.82) is 0 Å². The van der Waals surface area contributed by atoms with Gasteiger partial charge in [-0.2, -0.15) is 0 Å². The molecule has 0 unspecified atom stereocenters. The smallest absolute Gasteiger partial charge is 0.274 e. The number of allylic oxidation sites excluding steroid dienone is 1. The van der Waals surface area contributed by atoms with Gasteiger partial charge in [0.1, 0.15) is 5.70 Å². The average Bonchev–Trinajstić information content (AvgIpc) is 1.84. The van der Waals surface area contributed by atoms with Crippen LogP contribution in [0.25, 0.3) is 0 Å². The molecule has 0 rings (SSSR count). The van der Waals surface area contributed by atoms with Crippen LogP contribution in [0.5, 0.6) is 0 Å². The summed E-state index contributed by atoms with van der Waals surface area (Å²) in [5, 5.41) is 2.21. The standard InChI is InChI=1S/C6H12N4O/c1-3(7)5(9)6(11)10-4(2)8/h2,7-9H2,1H3,(H,10,11)/b5-3+. The monoisotopic (exact) mass is 156 g/mol. The van der Waals surface area contributed by atoms with Crippen molar-refractivity contribution in [3.05, 3.63) is 23.8 Å². The third kappa shape index (κ3) is 3.14. The Morgan fingerprint density at radius 2 is 1.82 bits per heavy atom. The molecule has 0 saturated heterocycles. The summed E-state index contributed by atoms with van der Waals surface area (Å²) in [6.45, 7) is 4.79. The zero-order chi connectivity index (χ0) is 9.02. The van der Waals surface area contributed by atoms with Gasteiger partial charge in [0.05, 0.1) is 5.82 Å². The predicted octanol–water partition coefficient (Wildman–Crippen LogP) is -1.32. The van der Waals surface area contributed by atoms with Crippen molar-refractivity contribution in [3.8, 4) is 0 Å². The highest BCUT2D eigenvalue weighted by molar-refractivity contribution is 5.93. The second kappa shape index (κ2) is 3.50. The van der Waals surface area contributed by atoms with Crippen LogP contribution < -0.4 is 22.5 Å². The lowest BCUT2D eigenvalue weighted by Gasteiger charge is -2.04. The Morgan fingerprint density at radius 3 is 2.09 bits per heavy atom. The van der Waals surface area contributed by atoms with Gasteiger partial charge >= 0.3 is 0 Å². The molecule has 0 saturated carbocycles. The molecule has 0 atom stereocenters. The van der Waals surface area contributed by atoms with E-state index in [0.29, 0.717) is 0 Å². The van der Waals surface area contributed by atoms with E-state index in [2.05, 4.69) is 11.9 Å². The summed E-state index contributed by atoms with van der Waals surface area (Å²) >= 11 is 0. The molecule has 0 radical (unpaired) electrons. The fourth-order valence-electron chi connectivity index (χ4n) is 0.392. The van der Waals surface area contributed by atoms with Crippen LogP contribution in [-0.2, 0) is 4.79 Å². The first-order chi connectivity index (χ1) is 4.95. The molecule has 7 N–H and O–H groups in total. The molecule has 0 aliphatic carbocycles. The van der Waals surface area contributed by atoms with E-state index in [1.165, 1.54) is 6.92 Å². The van der Waals surface area contributed by atoms with E-state index in [0.717, 1.165) is 0 Å². The minimum atomic E-state index is -0.530. The molecule has 62 valence electrons. The van der Waals surface area contributed by atoms with E-state index in [-0.39, 0.29) is 17.2 Å². The van der Waals surface area contributed by atoms with Gasteiger partial charge in [0.15, 0.2) is 0 Å². The number of rotatable bonds is 2. The maximum atomic E-state index is 10.9. The van der Waals surface area contributed by atoms with Crippen molar-refractivity contribution < 1.29 is 4.79 Å². The van der Waals surface area contributed by atoms with E-state index >= 15 is 0 Å². The van der Waals surface area contributed by atoms with Crippen molar-refractivity contribution in [2.45, 2.75) is 6.92 Å². The number of carbonyl (C=O) groups is 1. The highest BCUT2D eigenvalue weighted by Gasteiger charge is 2.05. The average molecular weight is 156 g/mol. The van der Waals surface area contributed by atoms with Gasteiger partial charge in [-0.25, -0.2) is 0 Å². The molecule has 0 aromatic heterocycles. The summed E-state index contributed by atoms with van der Waals surface area (Å²) in [6.07, 6.45) is 0. The molecule has 0 aromatic rings. The molecule has 0 spiro atoms. The minimum Gasteiger partial charge on any atom is -0.400 e. The number of carbonyl (C=O) groups excluding carboxylic acids is 1. The Balaban J connectivity index is 4.28. The fourth-order valence-corrected chi connectivity index (χ4v) is 0.392. The second-order valence-electron chi connectivity index (χ2n) is 2.08. The maximum absolute atomic E-state index is 10.9. The Morgan fingerprint density at radius 1 is 1.36 bits per heavy atom. The Kier molecular flexibility index (Phi) is 2.98. The van der Waals surface area contributed by atoms with Crippen LogP contribution in [0, 0.1) is 0 Å². The van der Waals surface area contributed by atoms with Gasteiger partial charge in [-0.05, 0) is 6.92 Å². The van der Waals surface area contributed by atoms with Gasteiger partial charge in [0.2, 0.25) is 0 Å². The van der Waals surface area contributed by atoms with Gasteiger partial charge in [-0.15, -0.1) is 0 Å². The van der Waals surface area contributed by atoms with Crippen LogP contribution in [-0.4, -0.2) is 5.91 Å². The van der Waals surface area contributed by atoms with Gasteiger partial charge in [0, 0.05) is 5.70 Å². The predicted molar refractivity (Wildman–Crippen MR) is 42.5 cm³/mol. The van der Waals surface area contributed by atoms with Gasteiger partial charge in [-0.1, -0.05) is 6.58 Å². The van der Waals surface area contributed by atoms with Crippen LogP contribution in [0.1, 0.15) is 6.92 Å². The Bertz CT molecular complexity index is 215. The zero-order valence-electron chi connectivity index (χ0n) is 6.35. The number of hydrogen-bond donors (Lipinski definition) is 4. The van der Waals surface area contributed by atoms with Crippen LogP contribution in [0.2, 0.25) is 0 Å². The molecule has 11 heavy (non-hydrogen) atoms. The third-order valence-electron chi connectivity index (χ3n) is 0.944. The van der Waals surface area contributed by atoms with Crippen LogP contribution in [0.3, 0.4) is 0 Å². The second-order valence-corrected chi connectivity index (χ2v) is 2.08. The van der Waals surface area contributed by atoms with Crippen LogP contribution >= 0.6 is 0 Å². The molecule has 0 fully saturated rings. The van der Waals surface area contributed by atoms with Gasteiger partial charge < -0.3 is 22.5 Å². The quantitative estimate of drug-likeness (QED) is 0.372. The number of nitrogens with two attached hydrogens (primary N) is 3. The molecule has 5 heteroatoms. The number of nitrogens with one attached hydrogen (secondary N) is 1. The first kappa shape index (κ1) is 9.35. The first-order valence-corrected chi connectivity index (χ1v) is 2.92. The largest absolute Gasteiger partial charge is 0.400 e. The molecule has 0 bridgehead atoms. The van der Waals surface area contributed by atoms with Crippen LogP contribution in [0.15, 0.2) is 23.8 Å². The van der Waals surface area contributed by atoms with Crippen molar-refractivity contribution in [1.82, 2.24) is 5.32 Å². The van der Waals surface area contributed by atoms with Crippen LogP contribution in [0.4, 0.5) is 0 Å². The summed E-state index contributed by atoms with van der Waals surface area (Å²) in [7, 11) is 0. The van der Waals surface area contributed by atoms with E-state index in [9.17, 15) is 4.79 Å². The van der Waals surface area contributed by atoms with Crippen molar-refractivity contribution in [3.63, 3.8) is 0 Å². The van der Waals surface area contributed by atoms with Gasteiger partial charge in [0.25, 0.3) is 5.91 Å². The van der Waals surface area contributed by atoms with Crippen molar-refractivity contribution in [2.75, 3.05) is 0 Å². The third-order valence-corrected chi connectivity index (χ3v) is 0.944. The summed E-state index contributed by atoms with van der Waals surface area (Å²) in [6, 6.07) is 0. The van der Waals surface area contributed by atoms with E-state index in [4.69, 9.17) is 17.2 Å². The lowest BCUT2D eigenvalue weighted by molar-refractivity contribution is -0.116. The lowest BCUT2D eigenvalue weighted by Crippen LogP contribution is -2.32. The summed E-state index contributed by atoms with van der Waals surface area (Å²) in [5.74, 6) is -0.489. The SMILES string of the molecule is C=C(N)NC(=O)/C(N)=C(/C)N. The minimum absolute atomic E-state index is 0.0409. The number of amides is 1. The molecule has 1 amide bonds. The molecular formula is C6H12N4O. The number of hydrogen-bond acceptors (Lipinski definition) is 4. The van der Waals surface area contributed by atoms with Crippen molar-refractivity contribution >= 4 is 5.91 Å². The summed E-state index contributed by atoms with van der Waals surface area (Å²) < 4.78 is 0. The fraction of sp³-hybridized carbons (Fsp3) is 0.167. The zero-order valence-corrected chi connectivity index (χ0v) is 6.35. The summed E-state index contributed by atoms with van der Waals surface area (Å²) in [5.41, 5.74) is 15.8. The molecule has 0 aromatic carbocycles. The van der Waals surface area contributed by atoms with Gasteiger partial charge in [-0.3, -0.25) is 4.79 Å². The Labute approximate surface area is 64.9 Å². The van der Waals surface area contributed by atoms with Crippen molar-refractivity contribution in [2.24, 2.45) is 17.2 Å². The molecular weight excluding hydrogens is 144 g/mol. The first-order valence-electron chi connectivity index (χ1n) is 2.92. The lowest BCUT2D eigenvalue weighted by atomic mass is 10.3. The van der Waals surface area contributed by atoms with E-state index in [1.54, 1.807) is 0 Å².